The first kappa shape index (κ1) is 26.7. The summed E-state index contributed by atoms with van der Waals surface area (Å²) in [5.74, 6) is -0.203. The summed E-state index contributed by atoms with van der Waals surface area (Å²) in [4.78, 5) is 17.9. The molecule has 5 rings (SSSR count). The van der Waals surface area contributed by atoms with Gasteiger partial charge in [0.05, 0.1) is 16.6 Å². The molecule has 1 amide bonds. The summed E-state index contributed by atoms with van der Waals surface area (Å²) in [6.45, 7) is 4.14. The lowest BCUT2D eigenvalue weighted by Gasteiger charge is -2.40. The van der Waals surface area contributed by atoms with Gasteiger partial charge < -0.3 is 4.90 Å². The highest BCUT2D eigenvalue weighted by Crippen LogP contribution is 2.30. The van der Waals surface area contributed by atoms with Crippen LogP contribution in [0.15, 0.2) is 120 Å². The van der Waals surface area contributed by atoms with Crippen LogP contribution in [0.5, 0.6) is 0 Å². The van der Waals surface area contributed by atoms with Crippen LogP contribution in [0.4, 0.5) is 5.69 Å². The van der Waals surface area contributed by atoms with E-state index in [9.17, 15) is 13.2 Å². The third kappa shape index (κ3) is 6.05. The maximum absolute atomic E-state index is 13.6. The van der Waals surface area contributed by atoms with E-state index in [1.807, 2.05) is 31.2 Å². The van der Waals surface area contributed by atoms with E-state index in [4.69, 9.17) is 0 Å². The van der Waals surface area contributed by atoms with Crippen molar-refractivity contribution in [1.29, 1.82) is 0 Å². The third-order valence-corrected chi connectivity index (χ3v) is 8.98. The number of hydrogen-bond acceptors (Lipinski definition) is 4. The second kappa shape index (κ2) is 11.8. The Balaban J connectivity index is 1.34. The summed E-state index contributed by atoms with van der Waals surface area (Å²) >= 11 is 0. The molecule has 1 heterocycles. The molecule has 4 aromatic carbocycles. The number of carbonyl (C=O) groups is 1. The number of piperazine rings is 1. The molecule has 1 aliphatic heterocycles. The van der Waals surface area contributed by atoms with E-state index in [1.165, 1.54) is 15.4 Å². The van der Waals surface area contributed by atoms with E-state index in [-0.39, 0.29) is 23.4 Å². The predicted molar refractivity (Wildman–Crippen MR) is 155 cm³/mol. The zero-order valence-corrected chi connectivity index (χ0v) is 22.9. The first-order valence-corrected chi connectivity index (χ1v) is 14.6. The fraction of sp³-hybridized carbons (Fsp3) is 0.219. The van der Waals surface area contributed by atoms with E-state index in [2.05, 4.69) is 53.4 Å². The molecule has 0 unspecified atom stereocenters. The standard InChI is InChI=1S/C32H33N3O3S/c1-26-17-19-29(20-18-26)35(39(37,38)30-15-9-4-10-16-30)25-31(36)33-21-23-34(24-22-33)32(27-11-5-2-6-12-27)28-13-7-3-8-14-28/h2-20,32H,21-25H2,1H3. The van der Waals surface area contributed by atoms with Crippen LogP contribution in [0.2, 0.25) is 0 Å². The summed E-state index contributed by atoms with van der Waals surface area (Å²) in [7, 11) is -3.92. The van der Waals surface area contributed by atoms with Crippen molar-refractivity contribution in [2.75, 3.05) is 37.0 Å². The van der Waals surface area contributed by atoms with Gasteiger partial charge in [0.1, 0.15) is 6.54 Å². The maximum atomic E-state index is 13.6. The highest BCUT2D eigenvalue weighted by Gasteiger charge is 2.32. The summed E-state index contributed by atoms with van der Waals surface area (Å²) in [6, 6.07) is 36.4. The highest BCUT2D eigenvalue weighted by molar-refractivity contribution is 7.92. The molecule has 0 N–H and O–H groups in total. The largest absolute Gasteiger partial charge is 0.339 e. The van der Waals surface area contributed by atoms with Crippen molar-refractivity contribution < 1.29 is 13.2 Å². The van der Waals surface area contributed by atoms with Gasteiger partial charge in [0.2, 0.25) is 5.91 Å². The van der Waals surface area contributed by atoms with Gasteiger partial charge in [-0.2, -0.15) is 0 Å². The average Bonchev–Trinajstić information content (AvgIpc) is 2.98. The number of nitrogens with zero attached hydrogens (tertiary/aromatic N) is 3. The molecule has 39 heavy (non-hydrogen) atoms. The normalized spacial score (nSPS) is 14.4. The zero-order valence-electron chi connectivity index (χ0n) is 22.1. The number of aryl methyl sites for hydroxylation is 1. The van der Waals surface area contributed by atoms with Crippen LogP contribution in [-0.4, -0.2) is 56.8 Å². The molecule has 0 atom stereocenters. The molecule has 6 nitrogen and oxygen atoms in total. The van der Waals surface area contributed by atoms with Crippen LogP contribution in [0.25, 0.3) is 0 Å². The second-order valence-electron chi connectivity index (χ2n) is 9.80. The van der Waals surface area contributed by atoms with E-state index in [0.717, 1.165) is 5.56 Å². The zero-order chi connectivity index (χ0) is 27.2. The molecule has 0 aromatic heterocycles. The monoisotopic (exact) mass is 539 g/mol. The van der Waals surface area contributed by atoms with Crippen molar-refractivity contribution in [2.45, 2.75) is 17.9 Å². The molecule has 0 radical (unpaired) electrons. The van der Waals surface area contributed by atoms with Gasteiger partial charge in [0, 0.05) is 26.2 Å². The van der Waals surface area contributed by atoms with Crippen molar-refractivity contribution in [3.05, 3.63) is 132 Å². The first-order chi connectivity index (χ1) is 18.9. The van der Waals surface area contributed by atoms with Crippen molar-refractivity contribution in [3.8, 4) is 0 Å². The number of benzene rings is 4. The predicted octanol–water partition coefficient (Wildman–Crippen LogP) is 5.12. The average molecular weight is 540 g/mol. The smallest absolute Gasteiger partial charge is 0.264 e. The van der Waals surface area contributed by atoms with E-state index in [1.54, 1.807) is 47.4 Å². The van der Waals surface area contributed by atoms with E-state index in [0.29, 0.717) is 31.9 Å². The Morgan fingerprint density at radius 1 is 0.718 bits per heavy atom. The minimum absolute atomic E-state index is 0.0900. The molecule has 0 spiro atoms. The number of carbonyl (C=O) groups excluding carboxylic acids is 1. The van der Waals surface area contributed by atoms with Crippen molar-refractivity contribution >= 4 is 21.6 Å². The third-order valence-electron chi connectivity index (χ3n) is 7.19. The lowest BCUT2D eigenvalue weighted by Crippen LogP contribution is -2.52. The molecule has 1 aliphatic rings. The molecule has 0 bridgehead atoms. The fourth-order valence-electron chi connectivity index (χ4n) is 5.08. The summed E-state index contributed by atoms with van der Waals surface area (Å²) in [5.41, 5.74) is 3.92. The molecule has 0 saturated carbocycles. The van der Waals surface area contributed by atoms with Gasteiger partial charge >= 0.3 is 0 Å². The summed E-state index contributed by atoms with van der Waals surface area (Å²) in [6.07, 6.45) is 0. The van der Waals surface area contributed by atoms with Gasteiger partial charge in [0.25, 0.3) is 10.0 Å². The number of amides is 1. The number of sulfonamides is 1. The molecule has 0 aliphatic carbocycles. The Morgan fingerprint density at radius 2 is 1.21 bits per heavy atom. The molecule has 4 aromatic rings. The van der Waals surface area contributed by atoms with Gasteiger partial charge in [-0.15, -0.1) is 0 Å². The van der Waals surface area contributed by atoms with Gasteiger partial charge in [0.15, 0.2) is 0 Å². The van der Waals surface area contributed by atoms with Crippen molar-refractivity contribution in [1.82, 2.24) is 9.80 Å². The van der Waals surface area contributed by atoms with Gasteiger partial charge in [-0.1, -0.05) is 96.6 Å². The van der Waals surface area contributed by atoms with Crippen LogP contribution in [0.1, 0.15) is 22.7 Å². The van der Waals surface area contributed by atoms with Crippen LogP contribution < -0.4 is 4.31 Å². The minimum atomic E-state index is -3.92. The van der Waals surface area contributed by atoms with Gasteiger partial charge in [-0.25, -0.2) is 8.42 Å². The topological polar surface area (TPSA) is 60.9 Å². The molecule has 7 heteroatoms. The van der Waals surface area contributed by atoms with Crippen LogP contribution in [0, 0.1) is 6.92 Å². The Bertz CT molecular complexity index is 1430. The van der Waals surface area contributed by atoms with Crippen LogP contribution in [-0.2, 0) is 14.8 Å². The lowest BCUT2D eigenvalue weighted by atomic mass is 9.96. The van der Waals surface area contributed by atoms with Gasteiger partial charge in [-0.05, 0) is 42.3 Å². The Kier molecular flexibility index (Phi) is 8.10. The quantitative estimate of drug-likeness (QED) is 0.312. The molecule has 200 valence electrons. The highest BCUT2D eigenvalue weighted by atomic mass is 32.2. The van der Waals surface area contributed by atoms with Gasteiger partial charge in [-0.3, -0.25) is 14.0 Å². The van der Waals surface area contributed by atoms with Crippen LogP contribution in [0.3, 0.4) is 0 Å². The minimum Gasteiger partial charge on any atom is -0.339 e. The Hall–Kier alpha value is -3.94. The number of anilines is 1. The van der Waals surface area contributed by atoms with Crippen LogP contribution >= 0.6 is 0 Å². The molecule has 1 saturated heterocycles. The Morgan fingerprint density at radius 3 is 1.72 bits per heavy atom. The molecule has 1 fully saturated rings. The van der Waals surface area contributed by atoms with E-state index >= 15 is 0 Å². The molecular weight excluding hydrogens is 506 g/mol. The fourth-order valence-corrected chi connectivity index (χ4v) is 6.52. The first-order valence-electron chi connectivity index (χ1n) is 13.2. The maximum Gasteiger partial charge on any atom is 0.264 e. The summed E-state index contributed by atoms with van der Waals surface area (Å²) < 4.78 is 28.5. The SMILES string of the molecule is Cc1ccc(N(CC(=O)N2CCN(C(c3ccccc3)c3ccccc3)CC2)S(=O)(=O)c2ccccc2)cc1. The molecular formula is C32H33N3O3S. The second-order valence-corrected chi connectivity index (χ2v) is 11.7. The lowest BCUT2D eigenvalue weighted by molar-refractivity contribution is -0.131. The van der Waals surface area contributed by atoms with E-state index < -0.39 is 10.0 Å². The van der Waals surface area contributed by atoms with Crippen molar-refractivity contribution in [2.24, 2.45) is 0 Å². The summed E-state index contributed by atoms with van der Waals surface area (Å²) in [5, 5.41) is 0. The van der Waals surface area contributed by atoms with Crippen molar-refractivity contribution in [3.63, 3.8) is 0 Å². The number of hydrogen-bond donors (Lipinski definition) is 0. The Labute approximate surface area is 231 Å². The number of rotatable bonds is 8.